The average Bonchev–Trinajstić information content (AvgIpc) is 3.28. The van der Waals surface area contributed by atoms with Crippen LogP contribution < -0.4 is 4.74 Å². The topological polar surface area (TPSA) is 59.7 Å². The van der Waals surface area contributed by atoms with Gasteiger partial charge in [0.25, 0.3) is 0 Å². The number of likely N-dealkylation sites (tertiary alicyclic amines) is 1. The number of imidazole rings is 1. The first-order valence-electron chi connectivity index (χ1n) is 9.41. The molecule has 1 aliphatic rings. The minimum atomic E-state index is 0.0412. The Kier molecular flexibility index (Phi) is 4.90. The van der Waals surface area contributed by atoms with Crippen LogP contribution in [0.4, 0.5) is 0 Å². The van der Waals surface area contributed by atoms with E-state index in [4.69, 9.17) is 4.74 Å². The highest BCUT2D eigenvalue weighted by Crippen LogP contribution is 2.23. The first kappa shape index (κ1) is 17.7. The lowest BCUT2D eigenvalue weighted by Gasteiger charge is -2.19. The fourth-order valence-electron chi connectivity index (χ4n) is 3.67. The van der Waals surface area contributed by atoms with Crippen LogP contribution in [-0.2, 0) is 0 Å². The molecule has 1 atom stereocenters. The van der Waals surface area contributed by atoms with Crippen LogP contribution in [0.15, 0.2) is 42.6 Å². The van der Waals surface area contributed by atoms with Gasteiger partial charge in [0.05, 0.1) is 18.5 Å². The van der Waals surface area contributed by atoms with Crippen molar-refractivity contribution in [1.82, 2.24) is 19.5 Å². The summed E-state index contributed by atoms with van der Waals surface area (Å²) in [4.78, 5) is 18.5. The fourth-order valence-corrected chi connectivity index (χ4v) is 3.67. The van der Waals surface area contributed by atoms with Gasteiger partial charge in [0.15, 0.2) is 11.4 Å². The molecule has 4 rings (SSSR count). The van der Waals surface area contributed by atoms with Crippen molar-refractivity contribution >= 4 is 11.4 Å². The third-order valence-electron chi connectivity index (χ3n) is 5.28. The van der Waals surface area contributed by atoms with Crippen LogP contribution in [-0.4, -0.2) is 51.5 Å². The second-order valence-corrected chi connectivity index (χ2v) is 7.14. The number of carbonyl (C=O) groups excluding carboxylic acids is 1. The number of hydrogen-bond donors (Lipinski definition) is 0. The van der Waals surface area contributed by atoms with Gasteiger partial charge in [-0.1, -0.05) is 18.2 Å². The molecule has 6 heteroatoms. The van der Waals surface area contributed by atoms with Crippen LogP contribution >= 0.6 is 0 Å². The van der Waals surface area contributed by atoms with Gasteiger partial charge in [-0.3, -0.25) is 4.79 Å². The number of benzene rings is 1. The number of rotatable bonds is 6. The predicted molar refractivity (Wildman–Crippen MR) is 104 cm³/mol. The molecule has 0 bridgehead atoms. The van der Waals surface area contributed by atoms with Crippen molar-refractivity contribution in [3.63, 3.8) is 0 Å². The number of Topliss-reactive ketones (excluding diaryl/α,β-unsaturated/α-hetero) is 1. The SMILES string of the molecule is CC(=O)c1cccc(-c2cnc3ccc(OCCC4CCCN4C)nn23)c1. The molecular formula is C21H24N4O2. The van der Waals surface area contributed by atoms with Gasteiger partial charge in [-0.2, -0.15) is 0 Å². The largest absolute Gasteiger partial charge is 0.477 e. The first-order valence-corrected chi connectivity index (χ1v) is 9.41. The van der Waals surface area contributed by atoms with Crippen LogP contribution in [0.1, 0.15) is 36.5 Å². The van der Waals surface area contributed by atoms with Crippen molar-refractivity contribution in [3.05, 3.63) is 48.2 Å². The predicted octanol–water partition coefficient (Wildman–Crippen LogP) is 3.46. The van der Waals surface area contributed by atoms with E-state index in [0.29, 0.717) is 24.1 Å². The summed E-state index contributed by atoms with van der Waals surface area (Å²) < 4.78 is 7.68. The van der Waals surface area contributed by atoms with E-state index in [1.165, 1.54) is 19.4 Å². The third-order valence-corrected chi connectivity index (χ3v) is 5.28. The number of ketones is 1. The quantitative estimate of drug-likeness (QED) is 0.627. The standard InChI is InChI=1S/C21H24N4O2/c1-15(26)16-5-3-6-17(13-16)19-14-22-20-8-9-21(23-25(19)20)27-12-10-18-7-4-11-24(18)2/h3,5-6,8-9,13-14,18H,4,7,10-12H2,1-2H3. The van der Waals surface area contributed by atoms with Crippen LogP contribution in [0.3, 0.4) is 0 Å². The molecule has 0 aliphatic carbocycles. The van der Waals surface area contributed by atoms with Gasteiger partial charge in [0.2, 0.25) is 5.88 Å². The van der Waals surface area contributed by atoms with Gasteiger partial charge in [0, 0.05) is 23.2 Å². The third kappa shape index (κ3) is 3.71. The van der Waals surface area contributed by atoms with Crippen molar-refractivity contribution in [2.75, 3.05) is 20.2 Å². The molecule has 2 aromatic heterocycles. The summed E-state index contributed by atoms with van der Waals surface area (Å²) in [6.45, 7) is 3.39. The summed E-state index contributed by atoms with van der Waals surface area (Å²) in [5.74, 6) is 0.629. The Morgan fingerprint density at radius 2 is 2.19 bits per heavy atom. The van der Waals surface area contributed by atoms with Crippen LogP contribution in [0.2, 0.25) is 0 Å². The van der Waals surface area contributed by atoms with Gasteiger partial charge < -0.3 is 9.64 Å². The maximum absolute atomic E-state index is 11.7. The molecule has 1 saturated heterocycles. The number of aromatic nitrogens is 3. The normalized spacial score (nSPS) is 17.5. The maximum atomic E-state index is 11.7. The van der Waals surface area contributed by atoms with Crippen molar-refractivity contribution in [2.24, 2.45) is 0 Å². The van der Waals surface area contributed by atoms with Crippen LogP contribution in [0.5, 0.6) is 5.88 Å². The Morgan fingerprint density at radius 1 is 1.30 bits per heavy atom. The molecule has 0 N–H and O–H groups in total. The fraction of sp³-hybridized carbons (Fsp3) is 0.381. The van der Waals surface area contributed by atoms with Crippen LogP contribution in [0, 0.1) is 0 Å². The van der Waals surface area contributed by atoms with E-state index in [9.17, 15) is 4.79 Å². The number of carbonyl (C=O) groups is 1. The molecule has 0 saturated carbocycles. The minimum absolute atomic E-state index is 0.0412. The molecule has 6 nitrogen and oxygen atoms in total. The van der Waals surface area contributed by atoms with E-state index in [2.05, 4.69) is 22.0 Å². The zero-order chi connectivity index (χ0) is 18.8. The van der Waals surface area contributed by atoms with Crippen molar-refractivity contribution in [2.45, 2.75) is 32.2 Å². The highest BCUT2D eigenvalue weighted by atomic mass is 16.5. The van der Waals surface area contributed by atoms with Gasteiger partial charge >= 0.3 is 0 Å². The Bertz CT molecular complexity index is 966. The molecule has 3 heterocycles. The lowest BCUT2D eigenvalue weighted by Crippen LogP contribution is -2.26. The number of ether oxygens (including phenoxy) is 1. The molecule has 3 aromatic rings. The summed E-state index contributed by atoms with van der Waals surface area (Å²) in [5, 5.41) is 4.60. The zero-order valence-corrected chi connectivity index (χ0v) is 15.8. The van der Waals surface area contributed by atoms with E-state index in [0.717, 1.165) is 23.3 Å². The maximum Gasteiger partial charge on any atom is 0.231 e. The van der Waals surface area contributed by atoms with E-state index < -0.39 is 0 Å². The van der Waals surface area contributed by atoms with E-state index in [1.54, 1.807) is 17.6 Å². The lowest BCUT2D eigenvalue weighted by molar-refractivity contribution is 0.101. The smallest absolute Gasteiger partial charge is 0.231 e. The van der Waals surface area contributed by atoms with Gasteiger partial charge in [0.1, 0.15) is 0 Å². The molecular weight excluding hydrogens is 340 g/mol. The minimum Gasteiger partial charge on any atom is -0.477 e. The Morgan fingerprint density at radius 3 is 2.96 bits per heavy atom. The molecule has 1 aliphatic heterocycles. The molecule has 1 aromatic carbocycles. The summed E-state index contributed by atoms with van der Waals surface area (Å²) in [6, 6.07) is 11.9. The highest BCUT2D eigenvalue weighted by Gasteiger charge is 2.20. The average molecular weight is 364 g/mol. The van der Waals surface area contributed by atoms with Gasteiger partial charge in [-0.05, 0) is 51.9 Å². The van der Waals surface area contributed by atoms with E-state index in [-0.39, 0.29) is 5.78 Å². The summed E-state index contributed by atoms with van der Waals surface area (Å²) in [5.41, 5.74) is 3.18. The number of nitrogens with zero attached hydrogens (tertiary/aromatic N) is 4. The van der Waals surface area contributed by atoms with Gasteiger partial charge in [-0.25, -0.2) is 9.50 Å². The van der Waals surface area contributed by atoms with E-state index in [1.807, 2.05) is 36.4 Å². The second-order valence-electron chi connectivity index (χ2n) is 7.14. The number of fused-ring (bicyclic) bond motifs is 1. The Labute approximate surface area is 158 Å². The Balaban J connectivity index is 1.54. The molecule has 0 amide bonds. The zero-order valence-electron chi connectivity index (χ0n) is 15.8. The molecule has 1 unspecified atom stereocenters. The molecule has 27 heavy (non-hydrogen) atoms. The van der Waals surface area contributed by atoms with Crippen LogP contribution in [0.25, 0.3) is 16.9 Å². The highest BCUT2D eigenvalue weighted by molar-refractivity contribution is 5.95. The van der Waals surface area contributed by atoms with Crippen molar-refractivity contribution in [1.29, 1.82) is 0 Å². The molecule has 0 radical (unpaired) electrons. The van der Waals surface area contributed by atoms with Crippen molar-refractivity contribution < 1.29 is 9.53 Å². The monoisotopic (exact) mass is 364 g/mol. The summed E-state index contributed by atoms with van der Waals surface area (Å²) >= 11 is 0. The second kappa shape index (κ2) is 7.48. The van der Waals surface area contributed by atoms with E-state index >= 15 is 0 Å². The van der Waals surface area contributed by atoms with Crippen molar-refractivity contribution in [3.8, 4) is 17.1 Å². The molecule has 0 spiro atoms. The van der Waals surface area contributed by atoms with Gasteiger partial charge in [-0.15, -0.1) is 5.10 Å². The number of hydrogen-bond acceptors (Lipinski definition) is 5. The first-order chi connectivity index (χ1) is 13.1. The Hall–Kier alpha value is -2.73. The summed E-state index contributed by atoms with van der Waals surface area (Å²) in [7, 11) is 2.18. The molecule has 1 fully saturated rings. The lowest BCUT2D eigenvalue weighted by atomic mass is 10.1. The molecule has 140 valence electrons. The summed E-state index contributed by atoms with van der Waals surface area (Å²) in [6.07, 6.45) is 5.29.